The molecule has 0 bridgehead atoms. The van der Waals surface area contributed by atoms with Crippen LogP contribution in [0.3, 0.4) is 0 Å². The van der Waals surface area contributed by atoms with Gasteiger partial charge in [0.25, 0.3) is 5.91 Å². The molecule has 1 aromatic carbocycles. The Kier molecular flexibility index (Phi) is 6.29. The maximum absolute atomic E-state index is 12.9. The number of hydrogen-bond acceptors (Lipinski definition) is 6. The van der Waals surface area contributed by atoms with Crippen LogP contribution in [0.2, 0.25) is 0 Å². The Hall–Kier alpha value is -2.78. The minimum absolute atomic E-state index is 0.194. The molecule has 8 nitrogen and oxygen atoms in total. The first-order valence-corrected chi connectivity index (χ1v) is 10.7. The zero-order valence-corrected chi connectivity index (χ0v) is 17.2. The maximum Gasteiger partial charge on any atom is 0.338 e. The molecule has 0 saturated carbocycles. The first-order valence-electron chi connectivity index (χ1n) is 9.21. The zero-order valence-electron chi connectivity index (χ0n) is 16.4. The number of benzene rings is 1. The van der Waals surface area contributed by atoms with Crippen molar-refractivity contribution >= 4 is 21.9 Å². The van der Waals surface area contributed by atoms with E-state index in [1.165, 1.54) is 33.7 Å². The molecular formula is C20H23N3O5S. The maximum atomic E-state index is 12.9. The number of aryl methyl sites for hydroxylation is 2. The number of ether oxygens (including phenoxy) is 1. The monoisotopic (exact) mass is 417 g/mol. The molecule has 2 aromatic rings. The number of aromatic nitrogens is 1. The second kappa shape index (κ2) is 8.71. The summed E-state index contributed by atoms with van der Waals surface area (Å²) in [5, 5.41) is 0. The molecule has 1 amide bonds. The average Bonchev–Trinajstić information content (AvgIpc) is 2.72. The molecule has 0 atom stereocenters. The number of carbonyl (C=O) groups excluding carboxylic acids is 2. The second-order valence-electron chi connectivity index (χ2n) is 6.87. The van der Waals surface area contributed by atoms with Gasteiger partial charge in [-0.25, -0.2) is 13.2 Å². The number of sulfonamides is 1. The summed E-state index contributed by atoms with van der Waals surface area (Å²) in [6, 6.07) is 8.24. The molecule has 1 saturated heterocycles. The molecule has 0 spiro atoms. The summed E-state index contributed by atoms with van der Waals surface area (Å²) in [7, 11) is -3.62. The van der Waals surface area contributed by atoms with Gasteiger partial charge in [-0.2, -0.15) is 4.31 Å². The van der Waals surface area contributed by atoms with E-state index in [1.54, 1.807) is 19.1 Å². The van der Waals surface area contributed by atoms with E-state index in [-0.39, 0.29) is 43.6 Å². The van der Waals surface area contributed by atoms with Gasteiger partial charge >= 0.3 is 5.97 Å². The van der Waals surface area contributed by atoms with Crippen molar-refractivity contribution in [1.82, 2.24) is 14.2 Å². The fraction of sp³-hybridized carbons (Fsp3) is 0.350. The zero-order chi connectivity index (χ0) is 21.0. The van der Waals surface area contributed by atoms with Crippen molar-refractivity contribution in [3.63, 3.8) is 0 Å². The van der Waals surface area contributed by atoms with Crippen LogP contribution in [0.1, 0.15) is 21.5 Å². The molecule has 9 heteroatoms. The Labute approximate surface area is 170 Å². The third kappa shape index (κ3) is 4.80. The van der Waals surface area contributed by atoms with Crippen LogP contribution in [-0.4, -0.2) is 67.3 Å². The summed E-state index contributed by atoms with van der Waals surface area (Å²) in [4.78, 5) is 29.9. The number of piperazine rings is 1. The largest absolute Gasteiger partial charge is 0.452 e. The third-order valence-electron chi connectivity index (χ3n) is 4.78. The van der Waals surface area contributed by atoms with E-state index >= 15 is 0 Å². The Morgan fingerprint density at radius 1 is 1.03 bits per heavy atom. The number of pyridine rings is 1. The van der Waals surface area contributed by atoms with Crippen molar-refractivity contribution in [1.29, 1.82) is 0 Å². The highest BCUT2D eigenvalue weighted by molar-refractivity contribution is 7.89. The highest BCUT2D eigenvalue weighted by Gasteiger charge is 2.31. The number of carbonyl (C=O) groups is 2. The van der Waals surface area contributed by atoms with Crippen LogP contribution in [0.4, 0.5) is 0 Å². The van der Waals surface area contributed by atoms with E-state index in [4.69, 9.17) is 4.74 Å². The fourth-order valence-electron chi connectivity index (χ4n) is 3.20. The van der Waals surface area contributed by atoms with Crippen LogP contribution in [0, 0.1) is 13.8 Å². The summed E-state index contributed by atoms with van der Waals surface area (Å²) >= 11 is 0. The molecule has 154 valence electrons. The summed E-state index contributed by atoms with van der Waals surface area (Å²) in [5.41, 5.74) is 2.02. The number of esters is 1. The van der Waals surface area contributed by atoms with Gasteiger partial charge in [-0.1, -0.05) is 17.7 Å². The first kappa shape index (κ1) is 20.9. The van der Waals surface area contributed by atoms with Crippen molar-refractivity contribution in [3.05, 3.63) is 59.4 Å². The lowest BCUT2D eigenvalue weighted by molar-refractivity contribution is -0.135. The molecule has 1 aliphatic rings. The average molecular weight is 417 g/mol. The predicted molar refractivity (Wildman–Crippen MR) is 106 cm³/mol. The number of nitrogens with zero attached hydrogens (tertiary/aromatic N) is 3. The minimum Gasteiger partial charge on any atom is -0.452 e. The Morgan fingerprint density at radius 3 is 2.31 bits per heavy atom. The topological polar surface area (TPSA) is 96.9 Å². The van der Waals surface area contributed by atoms with Gasteiger partial charge < -0.3 is 9.64 Å². The molecule has 29 heavy (non-hydrogen) atoms. The van der Waals surface area contributed by atoms with Crippen LogP contribution in [0.15, 0.2) is 47.6 Å². The molecule has 0 radical (unpaired) electrons. The van der Waals surface area contributed by atoms with Crippen LogP contribution in [0.5, 0.6) is 0 Å². The molecule has 0 unspecified atom stereocenters. The standard InChI is InChI=1S/C20H23N3O5S/c1-15-3-4-18(16(2)13-15)29(26,27)23-11-9-22(10-12-23)19(24)14-28-20(25)17-5-7-21-8-6-17/h3-8,13H,9-12,14H2,1-2H3. The Balaban J connectivity index is 1.55. The highest BCUT2D eigenvalue weighted by atomic mass is 32.2. The van der Waals surface area contributed by atoms with Gasteiger partial charge in [-0.05, 0) is 37.6 Å². The lowest BCUT2D eigenvalue weighted by Gasteiger charge is -2.34. The number of amides is 1. The predicted octanol–water partition coefficient (Wildman–Crippen LogP) is 1.39. The number of hydrogen-bond donors (Lipinski definition) is 0. The second-order valence-corrected chi connectivity index (χ2v) is 8.77. The third-order valence-corrected chi connectivity index (χ3v) is 6.84. The normalized spacial score (nSPS) is 15.2. The van der Waals surface area contributed by atoms with Gasteiger partial charge in [0.2, 0.25) is 10.0 Å². The summed E-state index contributed by atoms with van der Waals surface area (Å²) in [5.74, 6) is -0.951. The molecule has 3 rings (SSSR count). The van der Waals surface area contributed by atoms with E-state index in [1.807, 2.05) is 13.0 Å². The summed E-state index contributed by atoms with van der Waals surface area (Å²) in [6.45, 7) is 4.18. The number of rotatable bonds is 5. The van der Waals surface area contributed by atoms with Crippen LogP contribution in [0.25, 0.3) is 0 Å². The SMILES string of the molecule is Cc1ccc(S(=O)(=O)N2CCN(C(=O)COC(=O)c3ccncc3)CC2)c(C)c1. The Morgan fingerprint density at radius 2 is 1.69 bits per heavy atom. The van der Waals surface area contributed by atoms with E-state index in [0.29, 0.717) is 11.1 Å². The van der Waals surface area contributed by atoms with Crippen molar-refractivity contribution in [2.24, 2.45) is 0 Å². The molecule has 1 aliphatic heterocycles. The molecule has 1 fully saturated rings. The minimum atomic E-state index is -3.62. The summed E-state index contributed by atoms with van der Waals surface area (Å²) in [6.07, 6.45) is 2.93. The van der Waals surface area contributed by atoms with Crippen LogP contribution < -0.4 is 0 Å². The smallest absolute Gasteiger partial charge is 0.338 e. The lowest BCUT2D eigenvalue weighted by Crippen LogP contribution is -2.51. The molecular weight excluding hydrogens is 394 g/mol. The van der Waals surface area contributed by atoms with Gasteiger partial charge in [0.05, 0.1) is 10.5 Å². The van der Waals surface area contributed by atoms with E-state index in [2.05, 4.69) is 4.98 Å². The molecule has 0 aliphatic carbocycles. The molecule has 0 N–H and O–H groups in total. The van der Waals surface area contributed by atoms with Gasteiger partial charge in [0, 0.05) is 38.6 Å². The molecule has 2 heterocycles. The first-order chi connectivity index (χ1) is 13.8. The van der Waals surface area contributed by atoms with E-state index in [9.17, 15) is 18.0 Å². The lowest BCUT2D eigenvalue weighted by atomic mass is 10.2. The van der Waals surface area contributed by atoms with Crippen LogP contribution in [-0.2, 0) is 19.6 Å². The van der Waals surface area contributed by atoms with Crippen LogP contribution >= 0.6 is 0 Å². The summed E-state index contributed by atoms with van der Waals surface area (Å²) < 4.78 is 32.3. The van der Waals surface area contributed by atoms with Gasteiger partial charge in [-0.3, -0.25) is 9.78 Å². The molecule has 1 aromatic heterocycles. The van der Waals surface area contributed by atoms with Gasteiger partial charge in [0.1, 0.15) is 0 Å². The van der Waals surface area contributed by atoms with Crippen molar-refractivity contribution in [2.45, 2.75) is 18.7 Å². The van der Waals surface area contributed by atoms with Gasteiger partial charge in [-0.15, -0.1) is 0 Å². The Bertz CT molecular complexity index is 1000. The quantitative estimate of drug-likeness (QED) is 0.682. The van der Waals surface area contributed by atoms with Crippen molar-refractivity contribution in [2.75, 3.05) is 32.8 Å². The van der Waals surface area contributed by atoms with E-state index < -0.39 is 16.0 Å². The van der Waals surface area contributed by atoms with Crippen molar-refractivity contribution < 1.29 is 22.7 Å². The van der Waals surface area contributed by atoms with E-state index in [0.717, 1.165) is 5.56 Å². The van der Waals surface area contributed by atoms with Crippen molar-refractivity contribution in [3.8, 4) is 0 Å². The fourth-order valence-corrected chi connectivity index (χ4v) is 4.82. The highest BCUT2D eigenvalue weighted by Crippen LogP contribution is 2.22. The van der Waals surface area contributed by atoms with Gasteiger partial charge in [0.15, 0.2) is 6.61 Å².